The molecule has 0 saturated heterocycles. The zero-order valence-corrected chi connectivity index (χ0v) is 9.17. The van der Waals surface area contributed by atoms with Crippen molar-refractivity contribution in [2.24, 2.45) is 0 Å². The summed E-state index contributed by atoms with van der Waals surface area (Å²) in [5.41, 5.74) is 0.757. The number of anilines is 1. The third-order valence-corrected chi connectivity index (χ3v) is 2.09. The summed E-state index contributed by atoms with van der Waals surface area (Å²) in [6, 6.07) is 4.63. The zero-order chi connectivity index (χ0) is 11.4. The van der Waals surface area contributed by atoms with Crippen molar-refractivity contribution in [3.63, 3.8) is 0 Å². The van der Waals surface area contributed by atoms with E-state index in [0.29, 0.717) is 5.69 Å². The fourth-order valence-electron chi connectivity index (χ4n) is 1.41. The summed E-state index contributed by atoms with van der Waals surface area (Å²) in [5, 5.41) is 2.72. The number of benzene rings is 1. The van der Waals surface area contributed by atoms with Crippen LogP contribution in [0, 0.1) is 5.82 Å². The second-order valence-electron chi connectivity index (χ2n) is 3.48. The van der Waals surface area contributed by atoms with Crippen molar-refractivity contribution in [3.05, 3.63) is 29.6 Å². The Kier molecular flexibility index (Phi) is 3.80. The Balaban J connectivity index is 3.18. The molecule has 1 aromatic rings. The summed E-state index contributed by atoms with van der Waals surface area (Å²) in [4.78, 5) is 13.4. The molecule has 1 aromatic carbocycles. The topological polar surface area (TPSA) is 32.3 Å². The highest BCUT2D eigenvalue weighted by Gasteiger charge is 2.16. The summed E-state index contributed by atoms with van der Waals surface area (Å²) < 4.78 is 13.5. The zero-order valence-electron chi connectivity index (χ0n) is 9.17. The average Bonchev–Trinajstić information content (AvgIpc) is 2.17. The van der Waals surface area contributed by atoms with Gasteiger partial charge in [-0.1, -0.05) is 6.07 Å². The standard InChI is InChI=1S/C11H15FN2O/c1-13-7-10(15)11-8(12)5-4-6-9(11)14(2)3/h4-6,13H,7H2,1-3H3. The quantitative estimate of drug-likeness (QED) is 0.760. The van der Waals surface area contributed by atoms with Crippen LogP contribution in [-0.4, -0.2) is 33.5 Å². The van der Waals surface area contributed by atoms with Gasteiger partial charge in [-0.25, -0.2) is 4.39 Å². The van der Waals surface area contributed by atoms with E-state index in [1.807, 2.05) is 0 Å². The number of nitrogens with one attached hydrogen (secondary N) is 1. The first-order valence-corrected chi connectivity index (χ1v) is 4.71. The van der Waals surface area contributed by atoms with Crippen LogP contribution in [0.2, 0.25) is 0 Å². The molecule has 0 unspecified atom stereocenters. The number of rotatable bonds is 4. The van der Waals surface area contributed by atoms with E-state index in [4.69, 9.17) is 0 Å². The van der Waals surface area contributed by atoms with Gasteiger partial charge in [-0.2, -0.15) is 0 Å². The first kappa shape index (κ1) is 11.7. The number of carbonyl (C=O) groups is 1. The minimum atomic E-state index is -0.471. The van der Waals surface area contributed by atoms with Crippen LogP contribution in [0.5, 0.6) is 0 Å². The third kappa shape index (κ3) is 2.53. The lowest BCUT2D eigenvalue weighted by Crippen LogP contribution is -2.23. The van der Waals surface area contributed by atoms with Crippen molar-refractivity contribution < 1.29 is 9.18 Å². The monoisotopic (exact) mass is 210 g/mol. The Morgan fingerprint density at radius 1 is 1.47 bits per heavy atom. The van der Waals surface area contributed by atoms with Crippen LogP contribution in [0.25, 0.3) is 0 Å². The van der Waals surface area contributed by atoms with Gasteiger partial charge in [-0.15, -0.1) is 0 Å². The van der Waals surface area contributed by atoms with Crippen molar-refractivity contribution in [2.75, 3.05) is 32.6 Å². The van der Waals surface area contributed by atoms with E-state index in [2.05, 4.69) is 5.32 Å². The predicted octanol–water partition coefficient (Wildman–Crippen LogP) is 1.29. The van der Waals surface area contributed by atoms with E-state index in [-0.39, 0.29) is 17.9 Å². The second-order valence-corrected chi connectivity index (χ2v) is 3.48. The fraction of sp³-hybridized carbons (Fsp3) is 0.364. The SMILES string of the molecule is CNCC(=O)c1c(F)cccc1N(C)C. The van der Waals surface area contributed by atoms with Gasteiger partial charge in [0.25, 0.3) is 0 Å². The smallest absolute Gasteiger partial charge is 0.181 e. The lowest BCUT2D eigenvalue weighted by molar-refractivity contribution is 0.0990. The molecule has 1 rings (SSSR count). The van der Waals surface area contributed by atoms with Crippen molar-refractivity contribution >= 4 is 11.5 Å². The molecule has 0 bridgehead atoms. The van der Waals surface area contributed by atoms with Gasteiger partial charge in [0.15, 0.2) is 5.78 Å². The third-order valence-electron chi connectivity index (χ3n) is 2.09. The molecule has 15 heavy (non-hydrogen) atoms. The molecule has 0 amide bonds. The number of Topliss-reactive ketones (excluding diaryl/α,β-unsaturated/α-hetero) is 1. The Morgan fingerprint density at radius 2 is 2.13 bits per heavy atom. The average molecular weight is 210 g/mol. The first-order valence-electron chi connectivity index (χ1n) is 4.71. The Hall–Kier alpha value is -1.42. The van der Waals surface area contributed by atoms with Crippen molar-refractivity contribution in [3.8, 4) is 0 Å². The minimum absolute atomic E-state index is 0.141. The Morgan fingerprint density at radius 3 is 2.67 bits per heavy atom. The van der Waals surface area contributed by atoms with Crippen LogP contribution in [0.4, 0.5) is 10.1 Å². The number of nitrogens with zero attached hydrogens (tertiary/aromatic N) is 1. The van der Waals surface area contributed by atoms with Crippen LogP contribution in [-0.2, 0) is 0 Å². The van der Waals surface area contributed by atoms with Gasteiger partial charge in [-0.05, 0) is 19.2 Å². The number of hydrogen-bond donors (Lipinski definition) is 1. The molecule has 0 radical (unpaired) electrons. The van der Waals surface area contributed by atoms with Gasteiger partial charge >= 0.3 is 0 Å². The molecule has 0 aliphatic heterocycles. The van der Waals surface area contributed by atoms with E-state index < -0.39 is 5.82 Å². The summed E-state index contributed by atoms with van der Waals surface area (Å²) >= 11 is 0. The van der Waals surface area contributed by atoms with Gasteiger partial charge in [0.1, 0.15) is 5.82 Å². The molecule has 0 atom stereocenters. The van der Waals surface area contributed by atoms with Crippen LogP contribution < -0.4 is 10.2 Å². The highest BCUT2D eigenvalue weighted by atomic mass is 19.1. The van der Waals surface area contributed by atoms with E-state index in [1.54, 1.807) is 38.2 Å². The summed E-state index contributed by atoms with van der Waals surface area (Å²) in [6.45, 7) is 0.141. The predicted molar refractivity (Wildman–Crippen MR) is 59.0 cm³/mol. The van der Waals surface area contributed by atoms with Gasteiger partial charge in [0, 0.05) is 14.1 Å². The van der Waals surface area contributed by atoms with Crippen LogP contribution in [0.15, 0.2) is 18.2 Å². The molecule has 1 N–H and O–H groups in total. The molecule has 0 aliphatic rings. The molecule has 0 aliphatic carbocycles. The normalized spacial score (nSPS) is 10.1. The number of ketones is 1. The number of likely N-dealkylation sites (N-methyl/N-ethyl adjacent to an activating group) is 1. The van der Waals surface area contributed by atoms with Crippen LogP contribution >= 0.6 is 0 Å². The lowest BCUT2D eigenvalue weighted by Gasteiger charge is -2.17. The van der Waals surface area contributed by atoms with E-state index >= 15 is 0 Å². The largest absolute Gasteiger partial charge is 0.377 e. The first-order chi connectivity index (χ1) is 7.07. The van der Waals surface area contributed by atoms with Crippen molar-refractivity contribution in [2.45, 2.75) is 0 Å². The van der Waals surface area contributed by atoms with Crippen molar-refractivity contribution in [1.82, 2.24) is 5.32 Å². The molecule has 0 heterocycles. The maximum atomic E-state index is 13.5. The molecule has 0 aromatic heterocycles. The molecule has 0 fully saturated rings. The van der Waals surface area contributed by atoms with Gasteiger partial charge in [0.2, 0.25) is 0 Å². The van der Waals surface area contributed by atoms with Crippen molar-refractivity contribution in [1.29, 1.82) is 0 Å². The van der Waals surface area contributed by atoms with E-state index in [9.17, 15) is 9.18 Å². The highest BCUT2D eigenvalue weighted by molar-refractivity contribution is 6.02. The minimum Gasteiger partial charge on any atom is -0.377 e. The highest BCUT2D eigenvalue weighted by Crippen LogP contribution is 2.21. The van der Waals surface area contributed by atoms with E-state index in [1.165, 1.54) is 6.07 Å². The maximum Gasteiger partial charge on any atom is 0.181 e. The van der Waals surface area contributed by atoms with Crippen LogP contribution in [0.1, 0.15) is 10.4 Å². The molecular formula is C11H15FN2O. The Labute approximate surface area is 88.9 Å². The van der Waals surface area contributed by atoms with Gasteiger partial charge < -0.3 is 10.2 Å². The fourth-order valence-corrected chi connectivity index (χ4v) is 1.41. The number of hydrogen-bond acceptors (Lipinski definition) is 3. The maximum absolute atomic E-state index is 13.5. The van der Waals surface area contributed by atoms with Gasteiger partial charge in [-0.3, -0.25) is 4.79 Å². The molecule has 0 spiro atoms. The number of halogens is 1. The van der Waals surface area contributed by atoms with Gasteiger partial charge in [0.05, 0.1) is 17.8 Å². The summed E-state index contributed by atoms with van der Waals surface area (Å²) in [5.74, 6) is -0.708. The molecular weight excluding hydrogens is 195 g/mol. The Bertz CT molecular complexity index is 364. The molecule has 4 heteroatoms. The van der Waals surface area contributed by atoms with Crippen LogP contribution in [0.3, 0.4) is 0 Å². The lowest BCUT2D eigenvalue weighted by atomic mass is 10.1. The molecule has 0 saturated carbocycles. The number of carbonyl (C=O) groups excluding carboxylic acids is 1. The van der Waals surface area contributed by atoms with E-state index in [0.717, 1.165) is 0 Å². The second kappa shape index (κ2) is 4.89. The summed E-state index contributed by atoms with van der Waals surface area (Å²) in [6.07, 6.45) is 0. The molecule has 82 valence electrons. The molecule has 3 nitrogen and oxygen atoms in total. The summed E-state index contributed by atoms with van der Waals surface area (Å²) in [7, 11) is 5.23.